The number of hydrogen-bond donors (Lipinski definition) is 0. The molecule has 0 N–H and O–H groups in total. The van der Waals surface area contributed by atoms with Crippen molar-refractivity contribution in [3.63, 3.8) is 0 Å². The number of nitrogens with zero attached hydrogens (tertiary/aromatic N) is 4. The zero-order valence-electron chi connectivity index (χ0n) is 5.60. The van der Waals surface area contributed by atoms with E-state index >= 15 is 0 Å². The smallest absolute Gasteiger partial charge is 0.172 e. The molecule has 4 heteroatoms. The SMILES string of the molecule is N#Cc1cccn2ncnc12. The molecule has 4 nitrogen and oxygen atoms in total. The lowest BCUT2D eigenvalue weighted by Crippen LogP contribution is -1.88. The molecule has 0 atom stereocenters. The molecule has 0 aliphatic rings. The lowest BCUT2D eigenvalue weighted by atomic mass is 10.3. The second-order valence-corrected chi connectivity index (χ2v) is 2.06. The zero-order chi connectivity index (χ0) is 7.68. The molecule has 0 radical (unpaired) electrons. The Kier molecular flexibility index (Phi) is 1.10. The van der Waals surface area contributed by atoms with Crippen LogP contribution in [-0.4, -0.2) is 14.6 Å². The molecule has 0 spiro atoms. The van der Waals surface area contributed by atoms with Crippen molar-refractivity contribution in [2.45, 2.75) is 0 Å². The Morgan fingerprint density at radius 3 is 3.27 bits per heavy atom. The molecule has 0 bridgehead atoms. The average Bonchev–Trinajstić information content (AvgIpc) is 2.50. The molecule has 0 amide bonds. The molecular formula is C7H4N4. The topological polar surface area (TPSA) is 54.0 Å². The molecule has 0 saturated heterocycles. The average molecular weight is 144 g/mol. The lowest BCUT2D eigenvalue weighted by Gasteiger charge is -1.90. The summed E-state index contributed by atoms with van der Waals surface area (Å²) in [5.41, 5.74) is 1.15. The van der Waals surface area contributed by atoms with Crippen LogP contribution in [0, 0.1) is 11.3 Å². The molecule has 0 aliphatic heterocycles. The quantitative estimate of drug-likeness (QED) is 0.544. The number of fused-ring (bicyclic) bond motifs is 1. The van der Waals surface area contributed by atoms with Crippen molar-refractivity contribution in [2.75, 3.05) is 0 Å². The van der Waals surface area contributed by atoms with Gasteiger partial charge in [0, 0.05) is 6.20 Å². The van der Waals surface area contributed by atoms with Gasteiger partial charge in [0.1, 0.15) is 12.4 Å². The highest BCUT2D eigenvalue weighted by molar-refractivity contribution is 5.53. The fourth-order valence-corrected chi connectivity index (χ4v) is 0.935. The minimum absolute atomic E-state index is 0.546. The van der Waals surface area contributed by atoms with Crippen LogP contribution in [0.5, 0.6) is 0 Å². The van der Waals surface area contributed by atoms with Crippen molar-refractivity contribution >= 4 is 5.65 Å². The maximum Gasteiger partial charge on any atom is 0.172 e. The van der Waals surface area contributed by atoms with Crippen LogP contribution in [0.2, 0.25) is 0 Å². The first-order valence-electron chi connectivity index (χ1n) is 3.10. The van der Waals surface area contributed by atoms with E-state index < -0.39 is 0 Å². The van der Waals surface area contributed by atoms with E-state index in [1.165, 1.54) is 6.33 Å². The van der Waals surface area contributed by atoms with Gasteiger partial charge in [0.05, 0.1) is 5.56 Å². The molecular weight excluding hydrogens is 140 g/mol. The van der Waals surface area contributed by atoms with Crippen LogP contribution in [-0.2, 0) is 0 Å². The van der Waals surface area contributed by atoms with Gasteiger partial charge in [-0.15, -0.1) is 0 Å². The Bertz CT molecular complexity index is 423. The van der Waals surface area contributed by atoms with Gasteiger partial charge in [-0.3, -0.25) is 0 Å². The van der Waals surface area contributed by atoms with Crippen LogP contribution in [0.3, 0.4) is 0 Å². The summed E-state index contributed by atoms with van der Waals surface area (Å²) in [5, 5.41) is 12.5. The second kappa shape index (κ2) is 2.06. The summed E-state index contributed by atoms with van der Waals surface area (Å²) < 4.78 is 1.57. The number of pyridine rings is 1. The van der Waals surface area contributed by atoms with Gasteiger partial charge in [-0.05, 0) is 12.1 Å². The third-order valence-corrected chi connectivity index (χ3v) is 1.42. The molecule has 2 aromatic rings. The van der Waals surface area contributed by atoms with E-state index in [1.54, 1.807) is 22.8 Å². The number of hydrogen-bond acceptors (Lipinski definition) is 3. The van der Waals surface area contributed by atoms with Crippen LogP contribution in [0.15, 0.2) is 24.7 Å². The van der Waals surface area contributed by atoms with Gasteiger partial charge in [-0.2, -0.15) is 10.4 Å². The lowest BCUT2D eigenvalue weighted by molar-refractivity contribution is 0.959. The van der Waals surface area contributed by atoms with Crippen molar-refractivity contribution in [2.24, 2.45) is 0 Å². The number of aromatic nitrogens is 3. The molecule has 2 heterocycles. The minimum Gasteiger partial charge on any atom is -0.220 e. The zero-order valence-corrected chi connectivity index (χ0v) is 5.60. The molecule has 0 unspecified atom stereocenters. The highest BCUT2D eigenvalue weighted by Gasteiger charge is 1.99. The van der Waals surface area contributed by atoms with Crippen molar-refractivity contribution in [1.29, 1.82) is 5.26 Å². The van der Waals surface area contributed by atoms with Gasteiger partial charge in [-0.25, -0.2) is 9.50 Å². The van der Waals surface area contributed by atoms with Crippen LogP contribution in [0.1, 0.15) is 5.56 Å². The normalized spacial score (nSPS) is 9.73. The monoisotopic (exact) mass is 144 g/mol. The van der Waals surface area contributed by atoms with Crippen LogP contribution in [0.25, 0.3) is 5.65 Å². The number of rotatable bonds is 0. The van der Waals surface area contributed by atoms with Crippen molar-refractivity contribution in [3.05, 3.63) is 30.2 Å². The first kappa shape index (κ1) is 5.86. The Morgan fingerprint density at radius 1 is 1.55 bits per heavy atom. The number of nitriles is 1. The van der Waals surface area contributed by atoms with Crippen LogP contribution in [0.4, 0.5) is 0 Å². The largest absolute Gasteiger partial charge is 0.220 e. The maximum atomic E-state index is 8.62. The van der Waals surface area contributed by atoms with E-state index in [1.807, 2.05) is 6.07 Å². The summed E-state index contributed by atoms with van der Waals surface area (Å²) in [6.07, 6.45) is 3.18. The summed E-state index contributed by atoms with van der Waals surface area (Å²) in [6.45, 7) is 0. The Morgan fingerprint density at radius 2 is 2.45 bits per heavy atom. The van der Waals surface area contributed by atoms with Gasteiger partial charge in [0.15, 0.2) is 5.65 Å². The molecule has 0 aliphatic carbocycles. The van der Waals surface area contributed by atoms with E-state index in [2.05, 4.69) is 10.1 Å². The van der Waals surface area contributed by atoms with Gasteiger partial charge in [-0.1, -0.05) is 0 Å². The predicted octanol–water partition coefficient (Wildman–Crippen LogP) is 0.601. The summed E-state index contributed by atoms with van der Waals surface area (Å²) in [6, 6.07) is 5.51. The highest BCUT2D eigenvalue weighted by atomic mass is 15.3. The van der Waals surface area contributed by atoms with Crippen molar-refractivity contribution in [3.8, 4) is 6.07 Å². The third kappa shape index (κ3) is 0.749. The van der Waals surface area contributed by atoms with Gasteiger partial charge >= 0.3 is 0 Å². The van der Waals surface area contributed by atoms with Crippen LogP contribution >= 0.6 is 0 Å². The Hall–Kier alpha value is -1.89. The van der Waals surface area contributed by atoms with Gasteiger partial charge in [0.2, 0.25) is 0 Å². The molecule has 0 aromatic carbocycles. The van der Waals surface area contributed by atoms with Crippen molar-refractivity contribution in [1.82, 2.24) is 14.6 Å². The van der Waals surface area contributed by atoms with Crippen LogP contribution < -0.4 is 0 Å². The Balaban J connectivity index is 2.92. The van der Waals surface area contributed by atoms with E-state index in [4.69, 9.17) is 5.26 Å². The molecule has 52 valence electrons. The van der Waals surface area contributed by atoms with E-state index in [9.17, 15) is 0 Å². The standard InChI is InChI=1S/C7H4N4/c8-4-6-2-1-3-11-7(6)9-5-10-11/h1-3,5H. The molecule has 11 heavy (non-hydrogen) atoms. The summed E-state index contributed by atoms with van der Waals surface area (Å²) >= 11 is 0. The minimum atomic E-state index is 0.546. The van der Waals surface area contributed by atoms with Gasteiger partial charge in [0.25, 0.3) is 0 Å². The van der Waals surface area contributed by atoms with E-state index in [0.29, 0.717) is 11.2 Å². The molecule has 0 saturated carbocycles. The van der Waals surface area contributed by atoms with Crippen molar-refractivity contribution < 1.29 is 0 Å². The fraction of sp³-hybridized carbons (Fsp3) is 0. The Labute approximate surface area is 62.7 Å². The highest BCUT2D eigenvalue weighted by Crippen LogP contribution is 2.03. The van der Waals surface area contributed by atoms with Gasteiger partial charge < -0.3 is 0 Å². The summed E-state index contributed by atoms with van der Waals surface area (Å²) in [7, 11) is 0. The third-order valence-electron chi connectivity index (χ3n) is 1.42. The van der Waals surface area contributed by atoms with E-state index in [-0.39, 0.29) is 0 Å². The summed E-state index contributed by atoms with van der Waals surface area (Å²) in [5.74, 6) is 0. The fourth-order valence-electron chi connectivity index (χ4n) is 0.935. The molecule has 2 rings (SSSR count). The summed E-state index contributed by atoms with van der Waals surface area (Å²) in [4.78, 5) is 3.92. The predicted molar refractivity (Wildman–Crippen MR) is 37.7 cm³/mol. The van der Waals surface area contributed by atoms with E-state index in [0.717, 1.165) is 0 Å². The first-order valence-corrected chi connectivity index (χ1v) is 3.10. The molecule has 2 aromatic heterocycles. The molecule has 0 fully saturated rings. The first-order chi connectivity index (χ1) is 5.42. The second-order valence-electron chi connectivity index (χ2n) is 2.06. The maximum absolute atomic E-state index is 8.62.